The summed E-state index contributed by atoms with van der Waals surface area (Å²) in [7, 11) is 0. The summed E-state index contributed by atoms with van der Waals surface area (Å²) in [5.41, 5.74) is 5.97. The Labute approximate surface area is 241 Å². The van der Waals surface area contributed by atoms with Gasteiger partial charge in [-0.15, -0.1) is 0 Å². The van der Waals surface area contributed by atoms with Crippen LogP contribution in [0.4, 0.5) is 4.79 Å². The lowest BCUT2D eigenvalue weighted by Crippen LogP contribution is -2.50. The minimum Gasteiger partial charge on any atom is -0.444 e. The largest absolute Gasteiger partial charge is 0.444 e. The number of aromatic amines is 1. The number of ether oxygens (including phenoxy) is 1. The molecule has 0 radical (unpaired) electrons. The molecule has 1 aliphatic heterocycles. The van der Waals surface area contributed by atoms with Crippen LogP contribution in [0.1, 0.15) is 76.6 Å². The van der Waals surface area contributed by atoms with Crippen LogP contribution < -0.4 is 0 Å². The fourth-order valence-electron chi connectivity index (χ4n) is 5.68. The van der Waals surface area contributed by atoms with E-state index in [-0.39, 0.29) is 12.1 Å². The second-order valence-electron chi connectivity index (χ2n) is 12.6. The van der Waals surface area contributed by atoms with Gasteiger partial charge in [-0.25, -0.2) is 9.78 Å². The van der Waals surface area contributed by atoms with E-state index in [1.54, 1.807) is 4.90 Å². The highest BCUT2D eigenvalue weighted by Gasteiger charge is 2.30. The lowest BCUT2D eigenvalue weighted by Gasteiger charge is -2.38. The number of nitrogens with one attached hydrogen (secondary N) is 1. The Balaban J connectivity index is 1.10. The van der Waals surface area contributed by atoms with Crippen LogP contribution in [0.2, 0.25) is 0 Å². The first-order chi connectivity index (χ1) is 19.6. The average molecular weight is 556 g/mol. The van der Waals surface area contributed by atoms with E-state index in [4.69, 9.17) is 9.72 Å². The number of aromatic nitrogens is 5. The lowest BCUT2D eigenvalue weighted by atomic mass is 10.1. The third-order valence-electron chi connectivity index (χ3n) is 8.37. The number of benzene rings is 1. The summed E-state index contributed by atoms with van der Waals surface area (Å²) in [4.78, 5) is 29.7. The molecule has 1 N–H and O–H groups in total. The summed E-state index contributed by atoms with van der Waals surface area (Å²) in [6, 6.07) is 11.3. The zero-order valence-electron chi connectivity index (χ0n) is 24.8. The number of piperazine rings is 1. The molecule has 3 aromatic heterocycles. The molecule has 2 fully saturated rings. The van der Waals surface area contributed by atoms with Crippen molar-refractivity contribution in [2.45, 2.75) is 71.6 Å². The van der Waals surface area contributed by atoms with Crippen molar-refractivity contribution in [2.24, 2.45) is 5.92 Å². The smallest absolute Gasteiger partial charge is 0.410 e. The summed E-state index contributed by atoms with van der Waals surface area (Å²) in [5, 5.41) is 4.63. The van der Waals surface area contributed by atoms with Gasteiger partial charge in [0.15, 0.2) is 0 Å². The van der Waals surface area contributed by atoms with E-state index in [9.17, 15) is 4.79 Å². The maximum Gasteiger partial charge on any atom is 0.410 e. The number of imidazole rings is 1. The molecule has 1 saturated heterocycles. The maximum absolute atomic E-state index is 12.4. The molecular formula is C32H41N7O2. The molecule has 0 spiro atoms. The van der Waals surface area contributed by atoms with Gasteiger partial charge in [-0.3, -0.25) is 14.6 Å². The monoisotopic (exact) mass is 555 g/mol. The minimum atomic E-state index is -0.477. The Morgan fingerprint density at radius 1 is 1.07 bits per heavy atom. The Kier molecular flexibility index (Phi) is 7.32. The Bertz CT molecular complexity index is 1520. The number of rotatable bonds is 7. The molecule has 0 bridgehead atoms. The molecule has 41 heavy (non-hydrogen) atoms. The number of hydrogen-bond donors (Lipinski definition) is 1. The van der Waals surface area contributed by atoms with E-state index < -0.39 is 5.60 Å². The molecule has 1 saturated carbocycles. The molecule has 2 atom stereocenters. The van der Waals surface area contributed by atoms with Gasteiger partial charge >= 0.3 is 6.09 Å². The van der Waals surface area contributed by atoms with E-state index in [0.717, 1.165) is 52.7 Å². The molecule has 6 rings (SSSR count). The Morgan fingerprint density at radius 2 is 1.85 bits per heavy atom. The highest BCUT2D eigenvalue weighted by Crippen LogP contribution is 2.39. The van der Waals surface area contributed by atoms with Crippen LogP contribution in [0.3, 0.4) is 0 Å². The number of nitrogens with zero attached hydrogens (tertiary/aromatic N) is 6. The van der Waals surface area contributed by atoms with Crippen molar-refractivity contribution < 1.29 is 9.53 Å². The standard InChI is InChI=1S/C32H41N7O2/c1-21(37-12-14-38(15-13-37)31(40)41-32(3,4)5)24-10-11-33-27(16-24)18-30-35-28-9-8-25(17-29(28)36-30)26-19-34-39(20-26)22(2)23-6-7-23/h8-11,16-17,19-23H,6-7,12-15,18H2,1-5H3,(H,35,36). The van der Waals surface area contributed by atoms with Crippen molar-refractivity contribution in [1.82, 2.24) is 34.5 Å². The maximum atomic E-state index is 12.4. The number of fused-ring (bicyclic) bond motifs is 1. The van der Waals surface area contributed by atoms with E-state index in [0.29, 0.717) is 25.6 Å². The summed E-state index contributed by atoms with van der Waals surface area (Å²) in [6.45, 7) is 13.1. The number of carbonyl (C=O) groups excluding carboxylic acids is 1. The molecule has 9 heteroatoms. The van der Waals surface area contributed by atoms with Gasteiger partial charge in [0.05, 0.1) is 23.3 Å². The van der Waals surface area contributed by atoms with Gasteiger partial charge in [0.25, 0.3) is 0 Å². The van der Waals surface area contributed by atoms with Crippen LogP contribution in [-0.2, 0) is 11.2 Å². The van der Waals surface area contributed by atoms with E-state index >= 15 is 0 Å². The zero-order chi connectivity index (χ0) is 28.7. The molecule has 1 aliphatic carbocycles. The van der Waals surface area contributed by atoms with Crippen molar-refractivity contribution in [3.63, 3.8) is 0 Å². The SMILES string of the molecule is CC(c1ccnc(Cc2nc3ccc(-c4cnn(C(C)C5CC5)c4)cc3[nH]2)c1)N1CCN(C(=O)OC(C)(C)C)CC1. The topological polar surface area (TPSA) is 92.2 Å². The number of H-pyrrole nitrogens is 1. The van der Waals surface area contributed by atoms with Crippen molar-refractivity contribution in [2.75, 3.05) is 26.2 Å². The quantitative estimate of drug-likeness (QED) is 0.301. The minimum absolute atomic E-state index is 0.222. The third-order valence-corrected chi connectivity index (χ3v) is 8.37. The first-order valence-electron chi connectivity index (χ1n) is 14.8. The molecule has 216 valence electrons. The Hall–Kier alpha value is -3.72. The second kappa shape index (κ2) is 10.9. The molecule has 1 amide bonds. The van der Waals surface area contributed by atoms with Gasteiger partial charge in [0.2, 0.25) is 0 Å². The molecule has 2 unspecified atom stereocenters. The van der Waals surface area contributed by atoms with Crippen molar-refractivity contribution in [3.8, 4) is 11.1 Å². The molecular weight excluding hydrogens is 514 g/mol. The molecule has 4 heterocycles. The summed E-state index contributed by atoms with van der Waals surface area (Å²) >= 11 is 0. The Morgan fingerprint density at radius 3 is 2.59 bits per heavy atom. The normalized spacial score (nSPS) is 18.0. The first-order valence-corrected chi connectivity index (χ1v) is 14.8. The first kappa shape index (κ1) is 27.4. The van der Waals surface area contributed by atoms with E-state index in [1.165, 1.54) is 18.4 Å². The molecule has 1 aromatic carbocycles. The van der Waals surface area contributed by atoms with Crippen LogP contribution in [-0.4, -0.2) is 72.4 Å². The van der Waals surface area contributed by atoms with E-state index in [1.807, 2.05) is 33.2 Å². The fourth-order valence-corrected chi connectivity index (χ4v) is 5.68. The summed E-state index contributed by atoms with van der Waals surface area (Å²) < 4.78 is 7.65. The second-order valence-corrected chi connectivity index (χ2v) is 12.6. The van der Waals surface area contributed by atoms with Crippen molar-refractivity contribution in [1.29, 1.82) is 0 Å². The predicted molar refractivity (Wildman–Crippen MR) is 160 cm³/mol. The summed E-state index contributed by atoms with van der Waals surface area (Å²) in [6.07, 6.45) is 9.03. The van der Waals surface area contributed by atoms with Crippen LogP contribution in [0.5, 0.6) is 0 Å². The van der Waals surface area contributed by atoms with Gasteiger partial charge in [-0.05, 0) is 88.8 Å². The van der Waals surface area contributed by atoms with Crippen molar-refractivity contribution in [3.05, 3.63) is 66.0 Å². The van der Waals surface area contributed by atoms with Gasteiger partial charge in [-0.2, -0.15) is 5.10 Å². The number of carbonyl (C=O) groups is 1. The molecule has 4 aromatic rings. The van der Waals surface area contributed by atoms with Gasteiger partial charge in [0, 0.05) is 62.3 Å². The third kappa shape index (κ3) is 6.30. The number of pyridine rings is 1. The zero-order valence-corrected chi connectivity index (χ0v) is 24.8. The summed E-state index contributed by atoms with van der Waals surface area (Å²) in [5.74, 6) is 1.67. The van der Waals surface area contributed by atoms with Crippen LogP contribution in [0.25, 0.3) is 22.2 Å². The van der Waals surface area contributed by atoms with Crippen LogP contribution >= 0.6 is 0 Å². The number of amides is 1. The van der Waals surface area contributed by atoms with Crippen LogP contribution in [0, 0.1) is 5.92 Å². The van der Waals surface area contributed by atoms with Gasteiger partial charge in [-0.1, -0.05) is 6.07 Å². The van der Waals surface area contributed by atoms with Crippen molar-refractivity contribution >= 4 is 17.1 Å². The highest BCUT2D eigenvalue weighted by atomic mass is 16.6. The highest BCUT2D eigenvalue weighted by molar-refractivity contribution is 5.81. The van der Waals surface area contributed by atoms with E-state index in [2.05, 4.69) is 75.0 Å². The molecule has 2 aliphatic rings. The average Bonchev–Trinajstić information content (AvgIpc) is 3.54. The molecule has 9 nitrogen and oxygen atoms in total. The van der Waals surface area contributed by atoms with Gasteiger partial charge in [0.1, 0.15) is 11.4 Å². The van der Waals surface area contributed by atoms with Crippen LogP contribution in [0.15, 0.2) is 48.9 Å². The van der Waals surface area contributed by atoms with Gasteiger partial charge < -0.3 is 14.6 Å². The predicted octanol–water partition coefficient (Wildman–Crippen LogP) is 6.00. The fraction of sp³-hybridized carbons (Fsp3) is 0.500. The lowest BCUT2D eigenvalue weighted by molar-refractivity contribution is 0.0110. The number of hydrogen-bond acceptors (Lipinski definition) is 6.